The van der Waals surface area contributed by atoms with E-state index in [1.54, 1.807) is 0 Å². The molecule has 154 valence electrons. The Morgan fingerprint density at radius 3 is 2.44 bits per heavy atom. The molecule has 0 amide bonds. The summed E-state index contributed by atoms with van der Waals surface area (Å²) < 4.78 is 0. The molecule has 1 aliphatic rings. The van der Waals surface area contributed by atoms with E-state index in [2.05, 4.69) is 98.2 Å². The molecule has 0 radical (unpaired) electrons. The van der Waals surface area contributed by atoms with E-state index in [1.807, 2.05) is 0 Å². The number of hydrogen-bond acceptors (Lipinski definition) is 1. The minimum Gasteiger partial charge on any atom is -0.302 e. The Morgan fingerprint density at radius 2 is 1.96 bits per heavy atom. The van der Waals surface area contributed by atoms with Crippen molar-refractivity contribution in [2.45, 2.75) is 74.7 Å². The van der Waals surface area contributed by atoms with Crippen molar-refractivity contribution in [2.24, 2.45) is 22.7 Å². The van der Waals surface area contributed by atoms with Gasteiger partial charge in [-0.2, -0.15) is 0 Å². The van der Waals surface area contributed by atoms with Crippen molar-refractivity contribution in [1.82, 2.24) is 4.90 Å². The maximum atomic E-state index is 4.42. The van der Waals surface area contributed by atoms with Crippen LogP contribution >= 0.6 is 0 Å². The highest BCUT2D eigenvalue weighted by Crippen LogP contribution is 2.37. The molecule has 1 heteroatoms. The van der Waals surface area contributed by atoms with Gasteiger partial charge >= 0.3 is 0 Å². The van der Waals surface area contributed by atoms with Gasteiger partial charge in [-0.15, -0.1) is 0 Å². The zero-order valence-corrected chi connectivity index (χ0v) is 19.7. The molecule has 0 aliphatic heterocycles. The van der Waals surface area contributed by atoms with Gasteiger partial charge in [0, 0.05) is 13.1 Å². The van der Waals surface area contributed by atoms with Gasteiger partial charge in [0.1, 0.15) is 0 Å². The average Bonchev–Trinajstić information content (AvgIpc) is 2.88. The molecule has 0 N–H and O–H groups in total. The van der Waals surface area contributed by atoms with Crippen molar-refractivity contribution in [1.29, 1.82) is 0 Å². The Bertz CT molecular complexity index is 580. The summed E-state index contributed by atoms with van der Waals surface area (Å²) in [5.74, 6) is 1.50. The van der Waals surface area contributed by atoms with Crippen LogP contribution in [0.1, 0.15) is 74.7 Å². The third-order valence-electron chi connectivity index (χ3n) is 5.97. The molecule has 0 aromatic heterocycles. The van der Waals surface area contributed by atoms with Gasteiger partial charge in [-0.1, -0.05) is 78.0 Å². The van der Waals surface area contributed by atoms with Gasteiger partial charge in [-0.25, -0.2) is 0 Å². The molecule has 0 spiro atoms. The van der Waals surface area contributed by atoms with E-state index in [-0.39, 0.29) is 5.41 Å². The van der Waals surface area contributed by atoms with Crippen LogP contribution in [-0.2, 0) is 0 Å². The Kier molecular flexibility index (Phi) is 8.80. The molecule has 0 saturated carbocycles. The number of rotatable bonds is 9. The topological polar surface area (TPSA) is 3.24 Å². The Balaban J connectivity index is 2.55. The zero-order chi connectivity index (χ0) is 20.8. The molecule has 2 unspecified atom stereocenters. The van der Waals surface area contributed by atoms with Gasteiger partial charge in [0.25, 0.3) is 0 Å². The fourth-order valence-corrected chi connectivity index (χ4v) is 4.08. The summed E-state index contributed by atoms with van der Waals surface area (Å²) in [5, 5.41) is 0. The van der Waals surface area contributed by atoms with Gasteiger partial charge in [0.05, 0.1) is 0 Å². The second-order valence-corrected chi connectivity index (χ2v) is 10.6. The highest BCUT2D eigenvalue weighted by molar-refractivity contribution is 5.43. The second kappa shape index (κ2) is 9.92. The van der Waals surface area contributed by atoms with Gasteiger partial charge in [0.15, 0.2) is 0 Å². The third-order valence-corrected chi connectivity index (χ3v) is 5.97. The minimum atomic E-state index is 0.173. The van der Waals surface area contributed by atoms with Gasteiger partial charge in [-0.05, 0) is 74.0 Å². The normalized spacial score (nSPS) is 21.8. The molecule has 0 saturated heterocycles. The molecule has 0 fully saturated rings. The van der Waals surface area contributed by atoms with Crippen molar-refractivity contribution in [3.63, 3.8) is 0 Å². The molecule has 0 aromatic carbocycles. The molecule has 0 aromatic rings. The molecule has 27 heavy (non-hydrogen) atoms. The summed E-state index contributed by atoms with van der Waals surface area (Å²) in [6.45, 7) is 24.8. The zero-order valence-electron chi connectivity index (χ0n) is 19.7. The van der Waals surface area contributed by atoms with Crippen molar-refractivity contribution in [3.8, 4) is 0 Å². The fraction of sp³-hybridized carbons (Fsp3) is 0.692. The Hall–Kier alpha value is -1.08. The van der Waals surface area contributed by atoms with Crippen molar-refractivity contribution < 1.29 is 0 Å². The lowest BCUT2D eigenvalue weighted by molar-refractivity contribution is 0.283. The summed E-state index contributed by atoms with van der Waals surface area (Å²) in [6, 6.07) is 0. The molecule has 1 nitrogen and oxygen atoms in total. The number of likely N-dealkylation sites (N-methyl/N-ethyl adjacent to an activating group) is 1. The summed E-state index contributed by atoms with van der Waals surface area (Å²) >= 11 is 0. The maximum absolute atomic E-state index is 4.42. The minimum absolute atomic E-state index is 0.173. The van der Waals surface area contributed by atoms with Gasteiger partial charge in [-0.3, -0.25) is 0 Å². The first-order valence-corrected chi connectivity index (χ1v) is 10.8. The molecule has 1 rings (SSSR count). The van der Waals surface area contributed by atoms with E-state index in [0.29, 0.717) is 5.41 Å². The number of nitrogens with zero attached hydrogens (tertiary/aromatic N) is 1. The van der Waals surface area contributed by atoms with Crippen LogP contribution in [0.4, 0.5) is 0 Å². The average molecular weight is 372 g/mol. The molecule has 0 bridgehead atoms. The van der Waals surface area contributed by atoms with Crippen molar-refractivity contribution >= 4 is 0 Å². The van der Waals surface area contributed by atoms with Crippen LogP contribution in [0.25, 0.3) is 0 Å². The maximum Gasteiger partial charge on any atom is 0.0230 e. The number of allylic oxidation sites excluding steroid dienone is 5. The van der Waals surface area contributed by atoms with Crippen LogP contribution in [0.15, 0.2) is 47.6 Å². The van der Waals surface area contributed by atoms with Crippen LogP contribution < -0.4 is 0 Å². The lowest BCUT2D eigenvalue weighted by Crippen LogP contribution is -2.27. The fourth-order valence-electron chi connectivity index (χ4n) is 4.08. The SMILES string of the molecule is C=C(CN(C)CC(C)CCC1C=CC(C)(C)C1)C(/C=C\C)=C(/C)C(C)(C)C. The van der Waals surface area contributed by atoms with Gasteiger partial charge < -0.3 is 4.90 Å². The lowest BCUT2D eigenvalue weighted by Gasteiger charge is -2.27. The molecular weight excluding hydrogens is 326 g/mol. The summed E-state index contributed by atoms with van der Waals surface area (Å²) in [5.41, 5.74) is 4.55. The Morgan fingerprint density at radius 1 is 1.33 bits per heavy atom. The van der Waals surface area contributed by atoms with Gasteiger partial charge in [0.2, 0.25) is 0 Å². The van der Waals surface area contributed by atoms with Crippen LogP contribution in [-0.4, -0.2) is 25.0 Å². The van der Waals surface area contributed by atoms with E-state index >= 15 is 0 Å². The lowest BCUT2D eigenvalue weighted by atomic mass is 9.82. The predicted octanol–water partition coefficient (Wildman–Crippen LogP) is 7.43. The first kappa shape index (κ1) is 24.0. The first-order chi connectivity index (χ1) is 12.4. The molecule has 2 atom stereocenters. The van der Waals surface area contributed by atoms with Crippen LogP contribution in [0.5, 0.6) is 0 Å². The third kappa shape index (κ3) is 8.21. The smallest absolute Gasteiger partial charge is 0.0230 e. The predicted molar refractivity (Wildman–Crippen MR) is 123 cm³/mol. The summed E-state index contributed by atoms with van der Waals surface area (Å²) in [6.07, 6.45) is 13.2. The van der Waals surface area contributed by atoms with E-state index in [4.69, 9.17) is 0 Å². The molecule has 0 heterocycles. The van der Waals surface area contributed by atoms with Crippen molar-refractivity contribution in [3.05, 3.63) is 47.6 Å². The van der Waals surface area contributed by atoms with E-state index in [9.17, 15) is 0 Å². The highest BCUT2D eigenvalue weighted by atomic mass is 15.1. The molecule has 1 aliphatic carbocycles. The molecular formula is C26H45N. The number of hydrogen-bond donors (Lipinski definition) is 0. The van der Waals surface area contributed by atoms with E-state index in [0.717, 1.165) is 24.9 Å². The highest BCUT2D eigenvalue weighted by Gasteiger charge is 2.25. The standard InChI is InChI=1S/C26H45N/c1-11-12-24(22(4)25(5,6)7)21(3)19-27(10)18-20(2)13-14-23-15-16-26(8,9)17-23/h11-12,15-16,20,23H,3,13-14,17-19H2,1-2,4-10H3/b12-11-,24-22-. The second-order valence-electron chi connectivity index (χ2n) is 10.6. The Labute approximate surface area is 170 Å². The van der Waals surface area contributed by atoms with Crippen LogP contribution in [0.2, 0.25) is 0 Å². The van der Waals surface area contributed by atoms with E-state index in [1.165, 1.54) is 36.0 Å². The first-order valence-electron chi connectivity index (χ1n) is 10.8. The summed E-state index contributed by atoms with van der Waals surface area (Å²) in [4.78, 5) is 2.45. The van der Waals surface area contributed by atoms with Crippen LogP contribution in [0, 0.1) is 22.7 Å². The summed E-state index contributed by atoms with van der Waals surface area (Å²) in [7, 11) is 2.24. The quantitative estimate of drug-likeness (QED) is 0.301. The monoisotopic (exact) mass is 371 g/mol. The van der Waals surface area contributed by atoms with Crippen LogP contribution in [0.3, 0.4) is 0 Å². The van der Waals surface area contributed by atoms with E-state index < -0.39 is 0 Å². The van der Waals surface area contributed by atoms with Crippen molar-refractivity contribution in [2.75, 3.05) is 20.1 Å². The largest absolute Gasteiger partial charge is 0.302 e.